The second kappa shape index (κ2) is 6.15. The van der Waals surface area contributed by atoms with Crippen LogP contribution in [-0.4, -0.2) is 42.8 Å². The lowest BCUT2D eigenvalue weighted by atomic mass is 10.2. The van der Waals surface area contributed by atoms with E-state index in [1.807, 2.05) is 0 Å². The molecule has 3 N–H and O–H groups in total. The van der Waals surface area contributed by atoms with E-state index < -0.39 is 39.3 Å². The standard InChI is InChI=1S/C8H12F3N3O6S/c1-7(2,3)20-6(17)13-4(12-5(15)16)14-21(18,19)8(9,10)11/h1-3H3,(H,15,16)(H2,12,13,14,17). The third-order valence-corrected chi connectivity index (χ3v) is 2.36. The first-order chi connectivity index (χ1) is 9.14. The maximum Gasteiger partial charge on any atom is 0.518 e. The van der Waals surface area contributed by atoms with Crippen molar-refractivity contribution < 1.29 is 41.0 Å². The Morgan fingerprint density at radius 1 is 1.14 bits per heavy atom. The van der Waals surface area contributed by atoms with Gasteiger partial charge in [-0.15, -0.1) is 4.40 Å². The number of nitrogens with one attached hydrogen (secondary N) is 2. The molecule has 0 heterocycles. The molecular weight excluding hydrogens is 323 g/mol. The number of amides is 2. The lowest BCUT2D eigenvalue weighted by Crippen LogP contribution is -2.46. The lowest BCUT2D eigenvalue weighted by Gasteiger charge is -2.19. The normalized spacial score (nSPS) is 13.5. The summed E-state index contributed by atoms with van der Waals surface area (Å²) in [5.41, 5.74) is -6.81. The van der Waals surface area contributed by atoms with Crippen molar-refractivity contribution in [3.63, 3.8) is 0 Å². The number of carbonyl (C=O) groups is 2. The number of hydrogen-bond acceptors (Lipinski definition) is 5. The van der Waals surface area contributed by atoms with Gasteiger partial charge in [-0.2, -0.15) is 21.6 Å². The maximum atomic E-state index is 12.1. The van der Waals surface area contributed by atoms with Crippen LogP contribution in [0, 0.1) is 0 Å². The number of carbonyl (C=O) groups excluding carboxylic acids is 1. The second-order valence-electron chi connectivity index (χ2n) is 4.42. The highest BCUT2D eigenvalue weighted by Crippen LogP contribution is 2.24. The van der Waals surface area contributed by atoms with Crippen LogP contribution < -0.4 is 10.6 Å². The fraction of sp³-hybridized carbons (Fsp3) is 0.625. The molecule has 0 fully saturated rings. The van der Waals surface area contributed by atoms with Gasteiger partial charge in [0.1, 0.15) is 5.60 Å². The van der Waals surface area contributed by atoms with E-state index in [4.69, 9.17) is 5.11 Å². The van der Waals surface area contributed by atoms with E-state index in [2.05, 4.69) is 9.13 Å². The smallest absolute Gasteiger partial charge is 0.465 e. The Kier molecular flexibility index (Phi) is 5.55. The molecule has 21 heavy (non-hydrogen) atoms. The van der Waals surface area contributed by atoms with Gasteiger partial charge in [-0.05, 0) is 20.8 Å². The molecule has 0 bridgehead atoms. The lowest BCUT2D eigenvalue weighted by molar-refractivity contribution is -0.0435. The highest BCUT2D eigenvalue weighted by molar-refractivity contribution is 7.91. The van der Waals surface area contributed by atoms with Crippen LogP contribution in [0.5, 0.6) is 0 Å². The van der Waals surface area contributed by atoms with Crippen molar-refractivity contribution in [2.75, 3.05) is 0 Å². The van der Waals surface area contributed by atoms with Crippen molar-refractivity contribution >= 4 is 28.2 Å². The monoisotopic (exact) mass is 335 g/mol. The molecule has 9 nitrogen and oxygen atoms in total. The van der Waals surface area contributed by atoms with Crippen LogP contribution in [0.25, 0.3) is 0 Å². The number of guanidine groups is 1. The van der Waals surface area contributed by atoms with Crippen molar-refractivity contribution in [2.45, 2.75) is 31.9 Å². The first kappa shape index (κ1) is 18.9. The van der Waals surface area contributed by atoms with Crippen molar-refractivity contribution in [1.29, 1.82) is 0 Å². The highest BCUT2D eigenvalue weighted by atomic mass is 32.2. The molecule has 0 aliphatic rings. The number of nitrogens with zero attached hydrogens (tertiary/aromatic N) is 1. The van der Waals surface area contributed by atoms with Gasteiger partial charge in [0, 0.05) is 0 Å². The summed E-state index contributed by atoms with van der Waals surface area (Å²) < 4.78 is 64.7. The number of halogens is 3. The first-order valence-corrected chi connectivity index (χ1v) is 6.49. The molecule has 0 saturated carbocycles. The third kappa shape index (κ3) is 7.34. The topological polar surface area (TPSA) is 134 Å². The van der Waals surface area contributed by atoms with E-state index in [-0.39, 0.29) is 0 Å². The molecule has 0 rings (SSSR count). The van der Waals surface area contributed by atoms with Crippen LogP contribution in [-0.2, 0) is 14.8 Å². The molecule has 0 aromatic heterocycles. The zero-order valence-corrected chi connectivity index (χ0v) is 11.8. The predicted octanol–water partition coefficient (Wildman–Crippen LogP) is 0.984. The van der Waals surface area contributed by atoms with Gasteiger partial charge in [0.25, 0.3) is 0 Å². The molecule has 0 aliphatic carbocycles. The number of alkyl halides is 3. The Bertz CT molecular complexity index is 549. The van der Waals surface area contributed by atoms with E-state index >= 15 is 0 Å². The van der Waals surface area contributed by atoms with Gasteiger partial charge < -0.3 is 9.84 Å². The molecule has 13 heteroatoms. The van der Waals surface area contributed by atoms with Gasteiger partial charge in [-0.3, -0.25) is 10.6 Å². The summed E-state index contributed by atoms with van der Waals surface area (Å²) in [6.45, 7) is 4.25. The summed E-state index contributed by atoms with van der Waals surface area (Å²) >= 11 is 0. The molecule has 0 atom stereocenters. The van der Waals surface area contributed by atoms with E-state index in [0.29, 0.717) is 0 Å². The van der Waals surface area contributed by atoms with Crippen molar-refractivity contribution in [2.24, 2.45) is 4.40 Å². The molecule has 122 valence electrons. The molecule has 0 aromatic rings. The highest BCUT2D eigenvalue weighted by Gasteiger charge is 2.46. The minimum absolute atomic E-state index is 1.05. The van der Waals surface area contributed by atoms with Gasteiger partial charge in [-0.25, -0.2) is 9.59 Å². The zero-order chi connectivity index (χ0) is 17.1. The van der Waals surface area contributed by atoms with Gasteiger partial charge in [0.05, 0.1) is 0 Å². The number of carboxylic acid groups (broad SMARTS) is 1. The minimum Gasteiger partial charge on any atom is -0.465 e. The molecule has 0 saturated heterocycles. The van der Waals surface area contributed by atoms with Gasteiger partial charge in [0.15, 0.2) is 0 Å². The predicted molar refractivity (Wildman–Crippen MR) is 62.9 cm³/mol. The van der Waals surface area contributed by atoms with Gasteiger partial charge in [0.2, 0.25) is 5.96 Å². The molecule has 0 radical (unpaired) electrons. The average Bonchev–Trinajstić information content (AvgIpc) is 2.08. The third-order valence-electron chi connectivity index (χ3n) is 1.35. The molecule has 0 unspecified atom stereocenters. The van der Waals surface area contributed by atoms with E-state index in [1.54, 1.807) is 0 Å². The summed E-state index contributed by atoms with van der Waals surface area (Å²) in [4.78, 5) is 21.6. The summed E-state index contributed by atoms with van der Waals surface area (Å²) in [5, 5.41) is 11.0. The Labute approximate surface area is 117 Å². The Balaban J connectivity index is 5.34. The van der Waals surface area contributed by atoms with Crippen molar-refractivity contribution in [3.8, 4) is 0 Å². The van der Waals surface area contributed by atoms with Crippen LogP contribution in [0.15, 0.2) is 4.40 Å². The van der Waals surface area contributed by atoms with Crippen molar-refractivity contribution in [3.05, 3.63) is 0 Å². The Morgan fingerprint density at radius 2 is 1.62 bits per heavy atom. The molecule has 2 amide bonds. The largest absolute Gasteiger partial charge is 0.518 e. The summed E-state index contributed by atoms with van der Waals surface area (Å²) in [5.74, 6) is -1.46. The molecule has 0 aromatic carbocycles. The van der Waals surface area contributed by atoms with Gasteiger partial charge >= 0.3 is 27.7 Å². The fourth-order valence-electron chi connectivity index (χ4n) is 0.750. The van der Waals surface area contributed by atoms with Crippen molar-refractivity contribution in [1.82, 2.24) is 10.6 Å². The van der Waals surface area contributed by atoms with Crippen LogP contribution >= 0.6 is 0 Å². The van der Waals surface area contributed by atoms with Crippen LogP contribution in [0.1, 0.15) is 20.8 Å². The number of ether oxygens (including phenoxy) is 1. The van der Waals surface area contributed by atoms with E-state index in [1.165, 1.54) is 31.4 Å². The summed E-state index contributed by atoms with van der Waals surface area (Å²) in [7, 11) is -6.04. The van der Waals surface area contributed by atoms with Crippen LogP contribution in [0.3, 0.4) is 0 Å². The number of rotatable bonds is 1. The SMILES string of the molecule is CC(C)(C)OC(=O)N/C(=N/S(=O)(=O)C(F)(F)F)NC(=O)O. The zero-order valence-electron chi connectivity index (χ0n) is 11.0. The first-order valence-electron chi connectivity index (χ1n) is 5.05. The second-order valence-corrected chi connectivity index (χ2v) is 6.01. The van der Waals surface area contributed by atoms with E-state index in [0.717, 1.165) is 0 Å². The summed E-state index contributed by atoms with van der Waals surface area (Å²) in [6, 6.07) is 0. The molecule has 0 aliphatic heterocycles. The number of alkyl carbamates (subject to hydrolysis) is 1. The fourth-order valence-corrected chi connectivity index (χ4v) is 1.19. The quantitative estimate of drug-likeness (QED) is 0.483. The number of hydrogen-bond donors (Lipinski definition) is 3. The Morgan fingerprint density at radius 3 is 1.95 bits per heavy atom. The van der Waals surface area contributed by atoms with Gasteiger partial charge in [-0.1, -0.05) is 0 Å². The number of sulfonamides is 1. The average molecular weight is 335 g/mol. The summed E-state index contributed by atoms with van der Waals surface area (Å²) in [6.07, 6.45) is -3.34. The van der Waals surface area contributed by atoms with Crippen LogP contribution in [0.4, 0.5) is 22.8 Å². The van der Waals surface area contributed by atoms with E-state index in [9.17, 15) is 31.2 Å². The Hall–Kier alpha value is -2.05. The minimum atomic E-state index is -6.04. The molecular formula is C8H12F3N3O6S. The molecule has 0 spiro atoms. The van der Waals surface area contributed by atoms with Crippen LogP contribution in [0.2, 0.25) is 0 Å². The maximum absolute atomic E-state index is 12.1.